The van der Waals surface area contributed by atoms with E-state index < -0.39 is 6.10 Å². The third-order valence-corrected chi connectivity index (χ3v) is 9.44. The van der Waals surface area contributed by atoms with Gasteiger partial charge in [0.2, 0.25) is 0 Å². The normalized spacial score (nSPS) is 39.7. The minimum Gasteiger partial charge on any atom is -0.462 e. The molecule has 0 saturated heterocycles. The first kappa shape index (κ1) is 22.1. The predicted molar refractivity (Wildman–Crippen MR) is 117 cm³/mol. The highest BCUT2D eigenvalue weighted by atomic mass is 16.6. The summed E-state index contributed by atoms with van der Waals surface area (Å²) in [5.41, 5.74) is -0.270. The number of hydrogen-bond donors (Lipinski definition) is 0. The molecular formula is C26H42O4. The monoisotopic (exact) mass is 418 g/mol. The zero-order valence-corrected chi connectivity index (χ0v) is 19.5. The fourth-order valence-electron chi connectivity index (χ4n) is 8.06. The van der Waals surface area contributed by atoms with Crippen molar-refractivity contribution < 1.29 is 19.1 Å². The third kappa shape index (κ3) is 3.93. The number of ether oxygens (including phenoxy) is 2. The molecule has 0 aliphatic heterocycles. The molecule has 0 aromatic rings. The van der Waals surface area contributed by atoms with Gasteiger partial charge in [-0.05, 0) is 93.8 Å². The second-order valence-electron chi connectivity index (χ2n) is 10.9. The molecule has 30 heavy (non-hydrogen) atoms. The molecule has 0 aromatic carbocycles. The van der Waals surface area contributed by atoms with Crippen molar-refractivity contribution in [3.63, 3.8) is 0 Å². The second kappa shape index (κ2) is 8.82. The smallest absolute Gasteiger partial charge is 0.310 e. The van der Waals surface area contributed by atoms with Crippen molar-refractivity contribution in [3.05, 3.63) is 0 Å². The van der Waals surface area contributed by atoms with Crippen molar-refractivity contribution in [1.82, 2.24) is 0 Å². The van der Waals surface area contributed by atoms with E-state index in [9.17, 15) is 9.59 Å². The molecule has 2 bridgehead atoms. The Labute approximate surface area is 182 Å². The van der Waals surface area contributed by atoms with Gasteiger partial charge in [0.1, 0.15) is 11.7 Å². The summed E-state index contributed by atoms with van der Waals surface area (Å²) in [7, 11) is 0. The van der Waals surface area contributed by atoms with Crippen molar-refractivity contribution in [2.24, 2.45) is 41.4 Å². The second-order valence-corrected chi connectivity index (χ2v) is 10.9. The van der Waals surface area contributed by atoms with Crippen LogP contribution in [0.1, 0.15) is 98.3 Å². The van der Waals surface area contributed by atoms with Crippen LogP contribution in [0.3, 0.4) is 0 Å². The van der Waals surface area contributed by atoms with E-state index in [2.05, 4.69) is 20.8 Å². The average molecular weight is 419 g/mol. The molecule has 4 aliphatic rings. The van der Waals surface area contributed by atoms with Gasteiger partial charge in [0, 0.05) is 0 Å². The molecule has 4 rings (SSSR count). The van der Waals surface area contributed by atoms with Crippen LogP contribution in [0.25, 0.3) is 0 Å². The Morgan fingerprint density at radius 1 is 0.967 bits per heavy atom. The highest BCUT2D eigenvalue weighted by Gasteiger charge is 2.61. The van der Waals surface area contributed by atoms with Crippen LogP contribution >= 0.6 is 0 Å². The first-order chi connectivity index (χ1) is 14.4. The number of carbonyl (C=O) groups is 2. The molecule has 4 fully saturated rings. The van der Waals surface area contributed by atoms with E-state index >= 15 is 0 Å². The largest absolute Gasteiger partial charge is 0.462 e. The van der Waals surface area contributed by atoms with E-state index in [-0.39, 0.29) is 29.9 Å². The SMILES string of the molecule is CCC1CC(CC)C2C3CC(CC3C(=O)OC(C)CC(=O)OC3(CC)CCCC3)C12. The van der Waals surface area contributed by atoms with Gasteiger partial charge in [0.25, 0.3) is 0 Å². The number of rotatable bonds is 8. The van der Waals surface area contributed by atoms with Gasteiger partial charge in [-0.15, -0.1) is 0 Å². The molecule has 0 aromatic heterocycles. The van der Waals surface area contributed by atoms with Crippen LogP contribution in [0.15, 0.2) is 0 Å². The lowest BCUT2D eigenvalue weighted by Crippen LogP contribution is -2.36. The lowest BCUT2D eigenvalue weighted by Gasteiger charge is -2.35. The zero-order chi connectivity index (χ0) is 21.5. The standard InChI is InChI=1S/C26H42O4/c1-5-17-13-18(6-2)24-20-14-19(23(17)24)15-21(20)25(28)29-16(4)12-22(27)30-26(7-3)10-8-9-11-26/h16-21,23-24H,5-15H2,1-4H3. The quantitative estimate of drug-likeness (QED) is 0.459. The van der Waals surface area contributed by atoms with Gasteiger partial charge in [0.05, 0.1) is 12.3 Å². The third-order valence-electron chi connectivity index (χ3n) is 9.44. The maximum atomic E-state index is 13.1. The minimum absolute atomic E-state index is 0.0520. The van der Waals surface area contributed by atoms with E-state index in [4.69, 9.17) is 9.47 Å². The Hall–Kier alpha value is -1.06. The molecule has 0 radical (unpaired) electrons. The van der Waals surface area contributed by atoms with Crippen molar-refractivity contribution in [1.29, 1.82) is 0 Å². The molecule has 0 amide bonds. The van der Waals surface area contributed by atoms with Gasteiger partial charge in [-0.2, -0.15) is 0 Å². The number of esters is 2. The molecule has 170 valence electrons. The lowest BCUT2D eigenvalue weighted by atomic mass is 9.70. The van der Waals surface area contributed by atoms with Crippen molar-refractivity contribution in [2.75, 3.05) is 0 Å². The van der Waals surface area contributed by atoms with E-state index in [1.807, 2.05) is 6.92 Å². The Morgan fingerprint density at radius 2 is 1.63 bits per heavy atom. The van der Waals surface area contributed by atoms with Crippen molar-refractivity contribution in [2.45, 2.75) is 110 Å². The van der Waals surface area contributed by atoms with Gasteiger partial charge in [-0.1, -0.05) is 33.6 Å². The summed E-state index contributed by atoms with van der Waals surface area (Å²) in [5, 5.41) is 0. The number of hydrogen-bond acceptors (Lipinski definition) is 4. The van der Waals surface area contributed by atoms with Gasteiger partial charge in [0.15, 0.2) is 0 Å². The van der Waals surface area contributed by atoms with Crippen LogP contribution in [0.5, 0.6) is 0 Å². The summed E-state index contributed by atoms with van der Waals surface area (Å²) < 4.78 is 11.7. The molecule has 0 heterocycles. The van der Waals surface area contributed by atoms with E-state index in [1.165, 1.54) is 25.7 Å². The fraction of sp³-hybridized carbons (Fsp3) is 0.923. The summed E-state index contributed by atoms with van der Waals surface area (Å²) in [6.07, 6.45) is 11.0. The van der Waals surface area contributed by atoms with Crippen LogP contribution in [-0.2, 0) is 19.1 Å². The summed E-state index contributed by atoms with van der Waals surface area (Å²) >= 11 is 0. The first-order valence-corrected chi connectivity index (χ1v) is 12.8. The molecular weight excluding hydrogens is 376 g/mol. The predicted octanol–water partition coefficient (Wildman–Crippen LogP) is 5.92. The molecule has 4 nitrogen and oxygen atoms in total. The van der Waals surface area contributed by atoms with Crippen LogP contribution in [-0.4, -0.2) is 23.6 Å². The van der Waals surface area contributed by atoms with E-state index in [1.54, 1.807) is 0 Å². The average Bonchev–Trinajstić information content (AvgIpc) is 3.48. The summed E-state index contributed by atoms with van der Waals surface area (Å²) in [6.45, 7) is 8.60. The molecule has 8 atom stereocenters. The van der Waals surface area contributed by atoms with Gasteiger partial charge < -0.3 is 9.47 Å². The topological polar surface area (TPSA) is 52.6 Å². The molecule has 4 heteroatoms. The molecule has 0 N–H and O–H groups in total. The zero-order valence-electron chi connectivity index (χ0n) is 19.5. The Kier molecular flexibility index (Phi) is 6.51. The fourth-order valence-corrected chi connectivity index (χ4v) is 8.06. The first-order valence-electron chi connectivity index (χ1n) is 12.8. The molecule has 0 spiro atoms. The van der Waals surface area contributed by atoms with Gasteiger partial charge in [-0.25, -0.2) is 0 Å². The highest BCUT2D eigenvalue weighted by molar-refractivity contribution is 5.75. The molecule has 4 aliphatic carbocycles. The van der Waals surface area contributed by atoms with Crippen LogP contribution in [0.2, 0.25) is 0 Å². The molecule has 8 unspecified atom stereocenters. The molecule has 4 saturated carbocycles. The summed E-state index contributed by atoms with van der Waals surface area (Å²) in [6, 6.07) is 0. The van der Waals surface area contributed by atoms with Gasteiger partial charge >= 0.3 is 11.9 Å². The van der Waals surface area contributed by atoms with Crippen molar-refractivity contribution in [3.8, 4) is 0 Å². The van der Waals surface area contributed by atoms with Crippen LogP contribution in [0.4, 0.5) is 0 Å². The maximum absolute atomic E-state index is 13.1. The summed E-state index contributed by atoms with van der Waals surface area (Å²) in [5.74, 6) is 4.23. The number of carbonyl (C=O) groups excluding carboxylic acids is 2. The lowest BCUT2D eigenvalue weighted by molar-refractivity contribution is -0.167. The Morgan fingerprint density at radius 3 is 2.27 bits per heavy atom. The van der Waals surface area contributed by atoms with Crippen molar-refractivity contribution >= 4 is 11.9 Å². The minimum atomic E-state index is -0.399. The van der Waals surface area contributed by atoms with Crippen LogP contribution in [0, 0.1) is 41.4 Å². The number of fused-ring (bicyclic) bond motifs is 5. The Balaban J connectivity index is 1.31. The van der Waals surface area contributed by atoms with E-state index in [0.717, 1.165) is 62.2 Å². The Bertz CT molecular complexity index is 637. The summed E-state index contributed by atoms with van der Waals surface area (Å²) in [4.78, 5) is 25.5. The van der Waals surface area contributed by atoms with Crippen LogP contribution < -0.4 is 0 Å². The van der Waals surface area contributed by atoms with Gasteiger partial charge in [-0.3, -0.25) is 9.59 Å². The maximum Gasteiger partial charge on any atom is 0.310 e. The van der Waals surface area contributed by atoms with E-state index in [0.29, 0.717) is 11.8 Å². The highest BCUT2D eigenvalue weighted by Crippen LogP contribution is 2.65.